The Bertz CT molecular complexity index is 585. The van der Waals surface area contributed by atoms with Crippen molar-refractivity contribution in [2.24, 2.45) is 5.73 Å². The molecule has 0 saturated carbocycles. The van der Waals surface area contributed by atoms with Crippen LogP contribution in [0.3, 0.4) is 0 Å². The lowest BCUT2D eigenvalue weighted by atomic mass is 9.94. The second kappa shape index (κ2) is 6.11. The van der Waals surface area contributed by atoms with Crippen molar-refractivity contribution in [1.29, 1.82) is 0 Å². The molecule has 6 nitrogen and oxygen atoms in total. The third kappa shape index (κ3) is 3.24. The summed E-state index contributed by atoms with van der Waals surface area (Å²) < 4.78 is 38.6. The lowest BCUT2D eigenvalue weighted by Crippen LogP contribution is -2.42. The van der Waals surface area contributed by atoms with Gasteiger partial charge in [-0.05, 0) is 13.8 Å². The van der Waals surface area contributed by atoms with Gasteiger partial charge in [0, 0.05) is 18.4 Å². The Morgan fingerprint density at radius 2 is 1.48 bits per heavy atom. The van der Waals surface area contributed by atoms with Crippen LogP contribution in [0.1, 0.15) is 25.5 Å². The molecule has 0 aliphatic heterocycles. The van der Waals surface area contributed by atoms with Crippen molar-refractivity contribution < 1.29 is 22.6 Å². The molecule has 0 aromatic heterocycles. The third-order valence-electron chi connectivity index (χ3n) is 3.77. The largest absolute Gasteiger partial charge is 0.496 e. The quantitative estimate of drug-likeness (QED) is 0.856. The van der Waals surface area contributed by atoms with Crippen molar-refractivity contribution in [2.75, 3.05) is 27.6 Å². The van der Waals surface area contributed by atoms with E-state index < -0.39 is 20.6 Å². The van der Waals surface area contributed by atoms with Crippen LogP contribution in [0.2, 0.25) is 0 Å². The second-order valence-electron chi connectivity index (χ2n) is 5.30. The third-order valence-corrected chi connectivity index (χ3v) is 5.93. The van der Waals surface area contributed by atoms with E-state index in [2.05, 4.69) is 0 Å². The Morgan fingerprint density at radius 1 is 1.05 bits per heavy atom. The zero-order valence-corrected chi connectivity index (χ0v) is 14.1. The first-order valence-corrected chi connectivity index (χ1v) is 8.24. The van der Waals surface area contributed by atoms with Crippen molar-refractivity contribution in [3.63, 3.8) is 0 Å². The van der Waals surface area contributed by atoms with Gasteiger partial charge >= 0.3 is 0 Å². The standard InChI is InChI=1S/C14H23NO5S/c1-14(2,21(6,16)17)13(15)12-10(19-4)7-9(18-3)8-11(12)20-5/h7-8,13H,15H2,1-6H3. The molecule has 2 N–H and O–H groups in total. The monoisotopic (exact) mass is 317 g/mol. The van der Waals surface area contributed by atoms with Crippen LogP contribution >= 0.6 is 0 Å². The number of rotatable bonds is 6. The molecule has 0 amide bonds. The molecule has 0 aliphatic carbocycles. The molecule has 21 heavy (non-hydrogen) atoms. The lowest BCUT2D eigenvalue weighted by molar-refractivity contribution is 0.357. The average molecular weight is 317 g/mol. The van der Waals surface area contributed by atoms with Gasteiger partial charge in [-0.1, -0.05) is 0 Å². The average Bonchev–Trinajstić information content (AvgIpc) is 2.43. The van der Waals surface area contributed by atoms with Gasteiger partial charge in [0.2, 0.25) is 0 Å². The highest BCUT2D eigenvalue weighted by Crippen LogP contribution is 2.42. The van der Waals surface area contributed by atoms with Crippen LogP contribution in [-0.2, 0) is 9.84 Å². The SMILES string of the molecule is COc1cc(OC)c(C(N)C(C)(C)S(C)(=O)=O)c(OC)c1. The highest BCUT2D eigenvalue weighted by atomic mass is 32.2. The molecule has 1 aromatic rings. The van der Waals surface area contributed by atoms with E-state index >= 15 is 0 Å². The van der Waals surface area contributed by atoms with Crippen LogP contribution in [0, 0.1) is 0 Å². The summed E-state index contributed by atoms with van der Waals surface area (Å²) in [4.78, 5) is 0. The van der Waals surface area contributed by atoms with Crippen molar-refractivity contribution in [3.05, 3.63) is 17.7 Å². The highest BCUT2D eigenvalue weighted by molar-refractivity contribution is 7.92. The van der Waals surface area contributed by atoms with Crippen LogP contribution < -0.4 is 19.9 Å². The second-order valence-corrected chi connectivity index (χ2v) is 7.90. The van der Waals surface area contributed by atoms with E-state index in [-0.39, 0.29) is 0 Å². The number of sulfone groups is 1. The fourth-order valence-corrected chi connectivity index (χ4v) is 2.50. The molecular weight excluding hydrogens is 294 g/mol. The summed E-state index contributed by atoms with van der Waals surface area (Å²) in [5, 5.41) is 0. The van der Waals surface area contributed by atoms with Gasteiger partial charge in [0.1, 0.15) is 17.2 Å². The zero-order valence-electron chi connectivity index (χ0n) is 13.3. The van der Waals surface area contributed by atoms with E-state index in [0.717, 1.165) is 6.26 Å². The number of ether oxygens (including phenoxy) is 3. The first-order valence-electron chi connectivity index (χ1n) is 6.35. The van der Waals surface area contributed by atoms with Crippen molar-refractivity contribution >= 4 is 9.84 Å². The predicted octanol–water partition coefficient (Wildman–Crippen LogP) is 1.54. The van der Waals surface area contributed by atoms with E-state index in [0.29, 0.717) is 22.8 Å². The summed E-state index contributed by atoms with van der Waals surface area (Å²) in [6.45, 7) is 3.16. The zero-order chi connectivity index (χ0) is 16.4. The summed E-state index contributed by atoms with van der Waals surface area (Å²) in [5.41, 5.74) is 6.72. The Balaban J connectivity index is 3.55. The number of methoxy groups -OCH3 is 3. The Labute approximate surface area is 126 Å². The molecule has 7 heteroatoms. The Morgan fingerprint density at radius 3 is 1.76 bits per heavy atom. The van der Waals surface area contributed by atoms with Gasteiger partial charge in [-0.25, -0.2) is 8.42 Å². The summed E-state index contributed by atoms with van der Waals surface area (Å²) in [7, 11) is 1.11. The minimum absolute atomic E-state index is 0.426. The number of benzene rings is 1. The molecule has 0 bridgehead atoms. The Kier molecular flexibility index (Phi) is 5.11. The molecule has 1 rings (SSSR count). The molecule has 120 valence electrons. The number of hydrogen-bond donors (Lipinski definition) is 1. The van der Waals surface area contributed by atoms with E-state index in [4.69, 9.17) is 19.9 Å². The van der Waals surface area contributed by atoms with Crippen LogP contribution in [0.4, 0.5) is 0 Å². The summed E-state index contributed by atoms with van der Waals surface area (Å²) in [5.74, 6) is 1.39. The first kappa shape index (κ1) is 17.6. The smallest absolute Gasteiger partial charge is 0.154 e. The summed E-state index contributed by atoms with van der Waals surface area (Å²) in [6, 6.07) is 2.48. The maximum atomic E-state index is 12.0. The highest BCUT2D eigenvalue weighted by Gasteiger charge is 2.40. The molecule has 0 spiro atoms. The topological polar surface area (TPSA) is 87.9 Å². The maximum absolute atomic E-state index is 12.0. The fourth-order valence-electron chi connectivity index (χ4n) is 1.92. The minimum atomic E-state index is -3.38. The van der Waals surface area contributed by atoms with Gasteiger partial charge < -0.3 is 19.9 Å². The van der Waals surface area contributed by atoms with Gasteiger partial charge in [-0.15, -0.1) is 0 Å². The van der Waals surface area contributed by atoms with Crippen LogP contribution in [-0.4, -0.2) is 40.7 Å². The molecule has 0 heterocycles. The van der Waals surface area contributed by atoms with E-state index in [1.807, 2.05) is 0 Å². The lowest BCUT2D eigenvalue weighted by Gasteiger charge is -2.31. The number of nitrogens with two attached hydrogens (primary N) is 1. The molecule has 0 fully saturated rings. The van der Waals surface area contributed by atoms with Crippen molar-refractivity contribution in [2.45, 2.75) is 24.6 Å². The predicted molar refractivity (Wildman–Crippen MR) is 81.9 cm³/mol. The maximum Gasteiger partial charge on any atom is 0.154 e. The van der Waals surface area contributed by atoms with E-state index in [1.165, 1.54) is 21.3 Å². The molecule has 1 unspecified atom stereocenters. The number of hydrogen-bond acceptors (Lipinski definition) is 6. The van der Waals surface area contributed by atoms with Crippen molar-refractivity contribution in [1.82, 2.24) is 0 Å². The first-order chi connectivity index (χ1) is 9.60. The van der Waals surface area contributed by atoms with Gasteiger partial charge in [0.05, 0.1) is 37.7 Å². The Hall–Kier alpha value is -1.47. The van der Waals surface area contributed by atoms with Crippen molar-refractivity contribution in [3.8, 4) is 17.2 Å². The van der Waals surface area contributed by atoms with Crippen LogP contribution in [0.5, 0.6) is 17.2 Å². The van der Waals surface area contributed by atoms with E-state index in [9.17, 15) is 8.42 Å². The minimum Gasteiger partial charge on any atom is -0.496 e. The van der Waals surface area contributed by atoms with Gasteiger partial charge in [-0.3, -0.25) is 0 Å². The fraction of sp³-hybridized carbons (Fsp3) is 0.571. The molecule has 0 saturated heterocycles. The molecule has 0 aliphatic rings. The summed E-state index contributed by atoms with van der Waals surface area (Å²) in [6.07, 6.45) is 1.16. The van der Waals surface area contributed by atoms with Crippen LogP contribution in [0.15, 0.2) is 12.1 Å². The molecule has 1 aromatic carbocycles. The molecule has 0 radical (unpaired) electrons. The van der Waals surface area contributed by atoms with Gasteiger partial charge in [0.15, 0.2) is 9.84 Å². The molecular formula is C14H23NO5S. The molecule has 1 atom stereocenters. The van der Waals surface area contributed by atoms with Crippen LogP contribution in [0.25, 0.3) is 0 Å². The van der Waals surface area contributed by atoms with Gasteiger partial charge in [-0.2, -0.15) is 0 Å². The van der Waals surface area contributed by atoms with Gasteiger partial charge in [0.25, 0.3) is 0 Å². The van der Waals surface area contributed by atoms with E-state index in [1.54, 1.807) is 26.0 Å². The normalized spacial score (nSPS) is 13.7. The summed E-state index contributed by atoms with van der Waals surface area (Å²) >= 11 is 0.